The highest BCUT2D eigenvalue weighted by atomic mass is 35.5. The zero-order valence-corrected chi connectivity index (χ0v) is 12.5. The Balaban J connectivity index is 1.98. The maximum atomic E-state index is 6.21. The van der Waals surface area contributed by atoms with Gasteiger partial charge in [-0.3, -0.25) is 0 Å². The Morgan fingerprint density at radius 1 is 1.32 bits per heavy atom. The van der Waals surface area contributed by atoms with E-state index >= 15 is 0 Å². The van der Waals surface area contributed by atoms with Crippen LogP contribution in [-0.2, 0) is 6.54 Å². The summed E-state index contributed by atoms with van der Waals surface area (Å²) in [5.74, 6) is 0. The molecular formula is C14H17Cl2N3. The largest absolute Gasteiger partial charge is 0.336 e. The number of benzene rings is 1. The highest BCUT2D eigenvalue weighted by Gasteiger charge is 2.13. The van der Waals surface area contributed by atoms with Crippen LogP contribution in [0.5, 0.6) is 0 Å². The molecule has 2 unspecified atom stereocenters. The third-order valence-corrected chi connectivity index (χ3v) is 3.57. The van der Waals surface area contributed by atoms with Gasteiger partial charge in [0.2, 0.25) is 0 Å². The second kappa shape index (κ2) is 6.42. The first-order valence-corrected chi connectivity index (χ1v) is 6.98. The number of aromatic nitrogens is 2. The van der Waals surface area contributed by atoms with E-state index < -0.39 is 0 Å². The molecule has 1 aromatic heterocycles. The quantitative estimate of drug-likeness (QED) is 0.906. The monoisotopic (exact) mass is 297 g/mol. The van der Waals surface area contributed by atoms with Crippen LogP contribution in [0.25, 0.3) is 0 Å². The molecule has 0 spiro atoms. The molecule has 0 saturated carbocycles. The molecule has 2 rings (SSSR count). The van der Waals surface area contributed by atoms with E-state index in [9.17, 15) is 0 Å². The van der Waals surface area contributed by atoms with E-state index in [2.05, 4.69) is 24.1 Å². The van der Waals surface area contributed by atoms with Gasteiger partial charge >= 0.3 is 0 Å². The first kappa shape index (κ1) is 14.4. The Labute approximate surface area is 123 Å². The Morgan fingerprint density at radius 3 is 2.74 bits per heavy atom. The van der Waals surface area contributed by atoms with Gasteiger partial charge in [0.1, 0.15) is 0 Å². The molecule has 1 aromatic carbocycles. The van der Waals surface area contributed by atoms with Gasteiger partial charge in [-0.25, -0.2) is 4.98 Å². The summed E-state index contributed by atoms with van der Waals surface area (Å²) < 4.78 is 2.05. The number of halogens is 2. The minimum Gasteiger partial charge on any atom is -0.336 e. The first-order valence-electron chi connectivity index (χ1n) is 6.23. The summed E-state index contributed by atoms with van der Waals surface area (Å²) >= 11 is 12.1. The summed E-state index contributed by atoms with van der Waals surface area (Å²) in [6.45, 7) is 5.11. The zero-order chi connectivity index (χ0) is 13.8. The van der Waals surface area contributed by atoms with Gasteiger partial charge in [-0.15, -0.1) is 0 Å². The summed E-state index contributed by atoms with van der Waals surface area (Å²) in [4.78, 5) is 4.04. The van der Waals surface area contributed by atoms with Crippen LogP contribution in [0.3, 0.4) is 0 Å². The van der Waals surface area contributed by atoms with Gasteiger partial charge < -0.3 is 9.88 Å². The van der Waals surface area contributed by atoms with Crippen LogP contribution in [0.4, 0.5) is 0 Å². The molecule has 1 N–H and O–H groups in total. The number of imidazole rings is 1. The van der Waals surface area contributed by atoms with Crippen LogP contribution in [0.15, 0.2) is 36.9 Å². The fourth-order valence-corrected chi connectivity index (χ4v) is 2.71. The minimum absolute atomic E-state index is 0.170. The molecule has 0 saturated heterocycles. The van der Waals surface area contributed by atoms with Crippen molar-refractivity contribution >= 4 is 23.2 Å². The van der Waals surface area contributed by atoms with E-state index in [1.54, 1.807) is 12.3 Å². The van der Waals surface area contributed by atoms with Crippen molar-refractivity contribution in [2.24, 2.45) is 0 Å². The van der Waals surface area contributed by atoms with Gasteiger partial charge in [0.05, 0.1) is 6.33 Å². The molecule has 1 heterocycles. The van der Waals surface area contributed by atoms with E-state index in [0.29, 0.717) is 16.1 Å². The van der Waals surface area contributed by atoms with Crippen molar-refractivity contribution in [1.29, 1.82) is 0 Å². The summed E-state index contributed by atoms with van der Waals surface area (Å²) in [7, 11) is 0. The molecule has 0 aliphatic heterocycles. The van der Waals surface area contributed by atoms with Crippen molar-refractivity contribution in [3.05, 3.63) is 52.5 Å². The number of hydrogen-bond donors (Lipinski definition) is 1. The van der Waals surface area contributed by atoms with Gasteiger partial charge in [-0.1, -0.05) is 29.3 Å². The highest BCUT2D eigenvalue weighted by Crippen LogP contribution is 2.26. The van der Waals surface area contributed by atoms with Gasteiger partial charge in [-0.2, -0.15) is 0 Å². The lowest BCUT2D eigenvalue weighted by atomic mass is 10.1. The van der Waals surface area contributed by atoms with Crippen molar-refractivity contribution in [1.82, 2.24) is 14.9 Å². The predicted molar refractivity (Wildman–Crippen MR) is 79.7 cm³/mol. The fraction of sp³-hybridized carbons (Fsp3) is 0.357. The molecule has 19 heavy (non-hydrogen) atoms. The van der Waals surface area contributed by atoms with E-state index in [-0.39, 0.29) is 6.04 Å². The van der Waals surface area contributed by atoms with Crippen molar-refractivity contribution in [2.75, 3.05) is 0 Å². The molecule has 0 amide bonds. The number of hydrogen-bond acceptors (Lipinski definition) is 2. The molecule has 0 bridgehead atoms. The fourth-order valence-electron chi connectivity index (χ4n) is 2.13. The minimum atomic E-state index is 0.170. The smallest absolute Gasteiger partial charge is 0.0946 e. The lowest BCUT2D eigenvalue weighted by molar-refractivity contribution is 0.430. The Kier molecular flexibility index (Phi) is 4.86. The van der Waals surface area contributed by atoms with E-state index in [1.165, 1.54) is 0 Å². The number of nitrogens with one attached hydrogen (secondary N) is 1. The van der Waals surface area contributed by atoms with Crippen LogP contribution >= 0.6 is 23.2 Å². The molecule has 5 heteroatoms. The SMILES string of the molecule is CC(Cn1ccnc1)NC(C)c1ccc(Cl)cc1Cl. The van der Waals surface area contributed by atoms with E-state index in [1.807, 2.05) is 29.2 Å². The number of rotatable bonds is 5. The predicted octanol–water partition coefficient (Wildman–Crippen LogP) is 3.93. The molecule has 3 nitrogen and oxygen atoms in total. The lowest BCUT2D eigenvalue weighted by Gasteiger charge is -2.21. The molecule has 2 atom stereocenters. The molecule has 0 aliphatic rings. The van der Waals surface area contributed by atoms with Crippen molar-refractivity contribution < 1.29 is 0 Å². The molecular weight excluding hydrogens is 281 g/mol. The average molecular weight is 298 g/mol. The Hall–Kier alpha value is -1.03. The van der Waals surface area contributed by atoms with Crippen LogP contribution < -0.4 is 5.32 Å². The second-order valence-corrected chi connectivity index (χ2v) is 5.56. The second-order valence-electron chi connectivity index (χ2n) is 4.71. The summed E-state index contributed by atoms with van der Waals surface area (Å²) in [5.41, 5.74) is 1.06. The summed E-state index contributed by atoms with van der Waals surface area (Å²) in [6, 6.07) is 6.09. The number of nitrogens with zero attached hydrogens (tertiary/aromatic N) is 2. The highest BCUT2D eigenvalue weighted by molar-refractivity contribution is 6.35. The molecule has 2 aromatic rings. The summed E-state index contributed by atoms with van der Waals surface area (Å²) in [6.07, 6.45) is 5.56. The zero-order valence-electron chi connectivity index (χ0n) is 11.0. The maximum absolute atomic E-state index is 6.21. The standard InChI is InChI=1S/C14H17Cl2N3/c1-10(8-19-6-5-17-9-19)18-11(2)13-4-3-12(15)7-14(13)16/h3-7,9-11,18H,8H2,1-2H3. The first-order chi connectivity index (χ1) is 9.06. The summed E-state index contributed by atoms with van der Waals surface area (Å²) in [5, 5.41) is 4.87. The Morgan fingerprint density at radius 2 is 2.11 bits per heavy atom. The van der Waals surface area contributed by atoms with Gasteiger partial charge in [-0.05, 0) is 31.5 Å². The van der Waals surface area contributed by atoms with Gasteiger partial charge in [0.25, 0.3) is 0 Å². The van der Waals surface area contributed by atoms with Crippen molar-refractivity contribution in [2.45, 2.75) is 32.5 Å². The topological polar surface area (TPSA) is 29.9 Å². The molecule has 102 valence electrons. The molecule has 0 radical (unpaired) electrons. The van der Waals surface area contributed by atoms with Gasteiger partial charge in [0, 0.05) is 41.1 Å². The normalized spacial score (nSPS) is 14.3. The van der Waals surface area contributed by atoms with E-state index in [0.717, 1.165) is 12.1 Å². The molecule has 0 fully saturated rings. The van der Waals surface area contributed by atoms with Crippen LogP contribution in [0.1, 0.15) is 25.5 Å². The maximum Gasteiger partial charge on any atom is 0.0946 e. The van der Waals surface area contributed by atoms with Crippen LogP contribution in [0, 0.1) is 0 Å². The van der Waals surface area contributed by atoms with E-state index in [4.69, 9.17) is 23.2 Å². The third-order valence-electron chi connectivity index (χ3n) is 3.01. The molecule has 0 aliphatic carbocycles. The van der Waals surface area contributed by atoms with Crippen molar-refractivity contribution in [3.8, 4) is 0 Å². The third kappa shape index (κ3) is 3.96. The lowest BCUT2D eigenvalue weighted by Crippen LogP contribution is -2.32. The van der Waals surface area contributed by atoms with Crippen molar-refractivity contribution in [3.63, 3.8) is 0 Å². The average Bonchev–Trinajstić information content (AvgIpc) is 2.81. The van der Waals surface area contributed by atoms with Gasteiger partial charge in [0.15, 0.2) is 0 Å². The van der Waals surface area contributed by atoms with Crippen LogP contribution in [0.2, 0.25) is 10.0 Å². The van der Waals surface area contributed by atoms with Crippen LogP contribution in [-0.4, -0.2) is 15.6 Å². The Bertz CT molecular complexity index is 525.